The van der Waals surface area contributed by atoms with Crippen LogP contribution in [0.1, 0.15) is 11.1 Å². The van der Waals surface area contributed by atoms with Crippen molar-refractivity contribution in [1.29, 1.82) is 0 Å². The smallest absolute Gasteiger partial charge is 0.133 e. The molecule has 0 amide bonds. The molecule has 44 heavy (non-hydrogen) atoms. The molecule has 0 unspecified atom stereocenters. The number of methoxy groups -OCH3 is 1. The van der Waals surface area contributed by atoms with Crippen LogP contribution in [0.3, 0.4) is 0 Å². The molecule has 1 nitrogen and oxygen atoms in total. The molecule has 1 aliphatic heterocycles. The van der Waals surface area contributed by atoms with Crippen LogP contribution in [0.2, 0.25) is 0 Å². The molecular weight excluding hydrogens is 568 g/mol. The van der Waals surface area contributed by atoms with Crippen molar-refractivity contribution in [2.45, 2.75) is 12.3 Å². The van der Waals surface area contributed by atoms with Crippen LogP contribution in [-0.4, -0.2) is 15.9 Å². The first-order valence-electron chi connectivity index (χ1n) is 15.3. The Morgan fingerprint density at radius 2 is 1.02 bits per heavy atom. The number of benzene rings is 7. The summed E-state index contributed by atoms with van der Waals surface area (Å²) in [7, 11) is -0.525. The minimum Gasteiger partial charge on any atom is -0.497 e. The van der Waals surface area contributed by atoms with E-state index in [-0.39, 0.29) is 0 Å². The molecular formula is C41H33OPSi. The van der Waals surface area contributed by atoms with Gasteiger partial charge in [-0.2, -0.15) is 0 Å². The SMILES string of the molecule is COc1ccc([Si@H](c2ccccc2)c2ccccc2P2Cc3ccc4ccccc4c3-c3c(ccc4ccccc34)C2)cc1. The van der Waals surface area contributed by atoms with Crippen LogP contribution in [0, 0.1) is 0 Å². The molecule has 212 valence electrons. The molecule has 1 aliphatic rings. The highest BCUT2D eigenvalue weighted by Gasteiger charge is 2.29. The number of ether oxygens (including phenoxy) is 1. The van der Waals surface area contributed by atoms with E-state index >= 15 is 0 Å². The zero-order valence-electron chi connectivity index (χ0n) is 24.8. The van der Waals surface area contributed by atoms with Crippen molar-refractivity contribution < 1.29 is 4.74 Å². The number of hydrogen-bond donors (Lipinski definition) is 0. The number of fused-ring (bicyclic) bond motifs is 7. The van der Waals surface area contributed by atoms with E-state index in [0.29, 0.717) is 0 Å². The van der Waals surface area contributed by atoms with Gasteiger partial charge in [0.1, 0.15) is 14.5 Å². The van der Waals surface area contributed by atoms with Gasteiger partial charge in [-0.1, -0.05) is 158 Å². The molecule has 0 fully saturated rings. The first kappa shape index (κ1) is 27.1. The lowest BCUT2D eigenvalue weighted by Crippen LogP contribution is -2.56. The van der Waals surface area contributed by atoms with Gasteiger partial charge in [0.15, 0.2) is 0 Å². The van der Waals surface area contributed by atoms with Crippen LogP contribution in [0.15, 0.2) is 152 Å². The van der Waals surface area contributed by atoms with Gasteiger partial charge in [-0.25, -0.2) is 0 Å². The van der Waals surface area contributed by atoms with E-state index in [0.717, 1.165) is 18.1 Å². The lowest BCUT2D eigenvalue weighted by Gasteiger charge is -2.26. The summed E-state index contributed by atoms with van der Waals surface area (Å²) in [5, 5.41) is 11.3. The van der Waals surface area contributed by atoms with Crippen molar-refractivity contribution in [2.75, 3.05) is 7.11 Å². The van der Waals surface area contributed by atoms with Crippen LogP contribution < -0.4 is 25.6 Å². The van der Waals surface area contributed by atoms with Gasteiger partial charge in [-0.05, 0) is 78.7 Å². The Hall–Kier alpha value is -4.49. The van der Waals surface area contributed by atoms with Gasteiger partial charge >= 0.3 is 0 Å². The van der Waals surface area contributed by atoms with E-state index < -0.39 is 16.7 Å². The Morgan fingerprint density at radius 3 is 1.64 bits per heavy atom. The van der Waals surface area contributed by atoms with Gasteiger partial charge in [-0.15, -0.1) is 0 Å². The minimum atomic E-state index is -1.76. The number of hydrogen-bond acceptors (Lipinski definition) is 1. The van der Waals surface area contributed by atoms with Gasteiger partial charge in [0, 0.05) is 0 Å². The molecule has 0 aliphatic carbocycles. The summed E-state index contributed by atoms with van der Waals surface area (Å²) in [5.74, 6) is 0.906. The molecule has 7 aromatic rings. The summed E-state index contributed by atoms with van der Waals surface area (Å²) in [5.41, 5.74) is 5.82. The Morgan fingerprint density at radius 1 is 0.500 bits per heavy atom. The van der Waals surface area contributed by atoms with Crippen molar-refractivity contribution in [3.63, 3.8) is 0 Å². The second kappa shape index (κ2) is 11.5. The maximum Gasteiger partial charge on any atom is 0.133 e. The molecule has 0 bridgehead atoms. The molecule has 0 saturated carbocycles. The van der Waals surface area contributed by atoms with Crippen LogP contribution >= 0.6 is 7.92 Å². The molecule has 8 rings (SSSR count). The normalized spacial score (nSPS) is 13.7. The highest BCUT2D eigenvalue weighted by molar-refractivity contribution is 7.64. The number of rotatable bonds is 5. The van der Waals surface area contributed by atoms with Gasteiger partial charge in [0.2, 0.25) is 0 Å². The molecule has 0 saturated heterocycles. The predicted molar refractivity (Wildman–Crippen MR) is 193 cm³/mol. The fourth-order valence-corrected chi connectivity index (χ4v) is 13.6. The zero-order chi connectivity index (χ0) is 29.5. The van der Waals surface area contributed by atoms with E-state index in [1.165, 1.54) is 54.2 Å². The quantitative estimate of drug-likeness (QED) is 0.112. The van der Waals surface area contributed by atoms with Crippen LogP contribution in [0.4, 0.5) is 0 Å². The van der Waals surface area contributed by atoms with Crippen LogP contribution in [0.5, 0.6) is 5.75 Å². The van der Waals surface area contributed by atoms with Gasteiger partial charge < -0.3 is 4.74 Å². The van der Waals surface area contributed by atoms with E-state index in [9.17, 15) is 0 Å². The highest BCUT2D eigenvalue weighted by Crippen LogP contribution is 2.52. The molecule has 7 aromatic carbocycles. The molecule has 1 heterocycles. The van der Waals surface area contributed by atoms with Crippen molar-refractivity contribution in [1.82, 2.24) is 0 Å². The molecule has 1 atom stereocenters. The minimum absolute atomic E-state index is 0.511. The standard InChI is InChI=1S/C41H33OPSi/c1-42-33-23-25-35(26-24-33)44(34-13-3-2-4-14-34)39-18-10-9-17-38(39)43-27-31-21-19-29-11-5-7-15-36(29)40(31)41-32(28-43)22-20-30-12-6-8-16-37(30)41/h2-26,44H,27-28H2,1H3/t44-/m0/s1. The topological polar surface area (TPSA) is 9.23 Å². The third kappa shape index (κ3) is 4.76. The summed E-state index contributed by atoms with van der Waals surface area (Å²) in [6, 6.07) is 56.8. The third-order valence-electron chi connectivity index (χ3n) is 9.17. The summed E-state index contributed by atoms with van der Waals surface area (Å²) in [6.07, 6.45) is 2.15. The van der Waals surface area contributed by atoms with E-state index in [1.54, 1.807) is 17.6 Å². The second-order valence-electron chi connectivity index (χ2n) is 11.7. The largest absolute Gasteiger partial charge is 0.497 e. The zero-order valence-corrected chi connectivity index (χ0v) is 26.8. The highest BCUT2D eigenvalue weighted by atomic mass is 31.1. The summed E-state index contributed by atoms with van der Waals surface area (Å²) in [6.45, 7) is 0. The fraction of sp³-hybridized carbons (Fsp3) is 0.0732. The average Bonchev–Trinajstić information content (AvgIpc) is 3.27. The second-order valence-corrected chi connectivity index (χ2v) is 16.7. The van der Waals surface area contributed by atoms with E-state index in [1.807, 2.05) is 0 Å². The summed E-state index contributed by atoms with van der Waals surface area (Å²) >= 11 is 0. The molecule has 3 heteroatoms. The van der Waals surface area contributed by atoms with Crippen molar-refractivity contribution in [2.24, 2.45) is 0 Å². The maximum absolute atomic E-state index is 5.54. The van der Waals surface area contributed by atoms with Gasteiger partial charge in [-0.3, -0.25) is 0 Å². The van der Waals surface area contributed by atoms with Gasteiger partial charge in [0.05, 0.1) is 7.11 Å². The molecule has 0 spiro atoms. The van der Waals surface area contributed by atoms with E-state index in [4.69, 9.17) is 4.74 Å². The van der Waals surface area contributed by atoms with Crippen molar-refractivity contribution in [3.8, 4) is 16.9 Å². The van der Waals surface area contributed by atoms with Crippen LogP contribution in [-0.2, 0) is 12.3 Å². The maximum atomic E-state index is 5.54. The lowest BCUT2D eigenvalue weighted by atomic mass is 9.88. The first-order valence-corrected chi connectivity index (χ1v) is 18.8. The Kier molecular flexibility index (Phi) is 7.10. The monoisotopic (exact) mass is 600 g/mol. The van der Waals surface area contributed by atoms with Gasteiger partial charge in [0.25, 0.3) is 0 Å². The van der Waals surface area contributed by atoms with E-state index in [2.05, 4.69) is 152 Å². The Bertz CT molecular complexity index is 2030. The Labute approximate surface area is 262 Å². The lowest BCUT2D eigenvalue weighted by molar-refractivity contribution is 0.415. The average molecular weight is 601 g/mol. The fourth-order valence-electron chi connectivity index (χ4n) is 7.14. The van der Waals surface area contributed by atoms with Crippen LogP contribution in [0.25, 0.3) is 32.7 Å². The molecule has 0 radical (unpaired) electrons. The summed E-state index contributed by atoms with van der Waals surface area (Å²) < 4.78 is 5.54. The third-order valence-corrected chi connectivity index (χ3v) is 15.2. The molecule has 0 N–H and O–H groups in total. The van der Waals surface area contributed by atoms with Crippen molar-refractivity contribution in [3.05, 3.63) is 163 Å². The Balaban J connectivity index is 1.35. The van der Waals surface area contributed by atoms with Crippen molar-refractivity contribution >= 4 is 59.1 Å². The summed E-state index contributed by atoms with van der Waals surface area (Å²) in [4.78, 5) is 0. The first-order chi connectivity index (χ1) is 21.8. The molecule has 0 aromatic heterocycles. The predicted octanol–water partition coefficient (Wildman–Crippen LogP) is 7.74.